The van der Waals surface area contributed by atoms with Crippen LogP contribution < -0.4 is 10.9 Å². The van der Waals surface area contributed by atoms with Gasteiger partial charge in [0.05, 0.1) is 0 Å². The van der Waals surface area contributed by atoms with Crippen molar-refractivity contribution in [3.8, 4) is 0 Å². The lowest BCUT2D eigenvalue weighted by Crippen LogP contribution is -2.27. The Bertz CT molecular complexity index is 703. The van der Waals surface area contributed by atoms with Gasteiger partial charge in [-0.05, 0) is 30.5 Å². The van der Waals surface area contributed by atoms with Crippen LogP contribution in [0, 0.1) is 13.8 Å². The van der Waals surface area contributed by atoms with Crippen LogP contribution in [0.2, 0.25) is 0 Å². The van der Waals surface area contributed by atoms with E-state index in [1.807, 2.05) is 26.0 Å². The largest absolute Gasteiger partial charge is 0.422 e. The average molecular weight is 275 g/mol. The molecule has 2 rings (SSSR count). The zero-order chi connectivity index (χ0) is 14.7. The lowest BCUT2D eigenvalue weighted by Gasteiger charge is -2.09. The number of carbonyl (C=O) groups excluding carboxylic acids is 1. The van der Waals surface area contributed by atoms with Gasteiger partial charge in [-0.1, -0.05) is 12.1 Å². The van der Waals surface area contributed by atoms with Crippen molar-refractivity contribution in [1.29, 1.82) is 0 Å². The molecule has 0 atom stereocenters. The van der Waals surface area contributed by atoms with Gasteiger partial charge < -0.3 is 14.5 Å². The molecule has 1 aromatic carbocycles. The van der Waals surface area contributed by atoms with Gasteiger partial charge in [-0.2, -0.15) is 0 Å². The predicted octanol–water partition coefficient (Wildman–Crippen LogP) is 1.67. The quantitative estimate of drug-likeness (QED) is 0.862. The summed E-state index contributed by atoms with van der Waals surface area (Å²) in [6.45, 7) is 4.14. The average Bonchev–Trinajstić information content (AvgIpc) is 2.41. The molecule has 0 fully saturated rings. The van der Waals surface area contributed by atoms with E-state index >= 15 is 0 Å². The molecule has 0 aliphatic heterocycles. The van der Waals surface area contributed by atoms with Gasteiger partial charge in [0.1, 0.15) is 12.2 Å². The molecule has 0 spiro atoms. The first-order chi connectivity index (χ1) is 9.52. The molecule has 1 N–H and O–H groups in total. The summed E-state index contributed by atoms with van der Waals surface area (Å²) in [5.41, 5.74) is 2.89. The van der Waals surface area contributed by atoms with Crippen molar-refractivity contribution in [1.82, 2.24) is 5.32 Å². The van der Waals surface area contributed by atoms with Gasteiger partial charge in [-0.15, -0.1) is 0 Å². The highest BCUT2D eigenvalue weighted by Crippen LogP contribution is 2.23. The van der Waals surface area contributed by atoms with Crippen molar-refractivity contribution in [3.63, 3.8) is 0 Å². The molecular formula is C15H17NO4. The second-order valence-corrected chi connectivity index (χ2v) is 4.68. The van der Waals surface area contributed by atoms with E-state index in [-0.39, 0.29) is 19.1 Å². The first-order valence-electron chi connectivity index (χ1n) is 6.31. The summed E-state index contributed by atoms with van der Waals surface area (Å²) in [6.07, 6.45) is 0. The fraction of sp³-hybridized carbons (Fsp3) is 0.333. The second kappa shape index (κ2) is 5.88. The molecule has 0 aliphatic carbocycles. The molecule has 1 amide bonds. The molecule has 106 valence electrons. The first kappa shape index (κ1) is 14.3. The number of hydrogen-bond acceptors (Lipinski definition) is 4. The van der Waals surface area contributed by atoms with Gasteiger partial charge in [0.15, 0.2) is 0 Å². The summed E-state index contributed by atoms with van der Waals surface area (Å²) in [5, 5.41) is 3.55. The number of rotatable bonds is 4. The fourth-order valence-corrected chi connectivity index (χ4v) is 2.05. The van der Waals surface area contributed by atoms with E-state index in [1.54, 1.807) is 0 Å². The Kier molecular flexibility index (Phi) is 4.20. The van der Waals surface area contributed by atoms with Crippen LogP contribution in [0.3, 0.4) is 0 Å². The van der Waals surface area contributed by atoms with Gasteiger partial charge in [0.2, 0.25) is 5.91 Å². The lowest BCUT2D eigenvalue weighted by molar-refractivity contribution is -0.124. The van der Waals surface area contributed by atoms with Crippen LogP contribution in [0.4, 0.5) is 0 Å². The molecule has 1 aromatic heterocycles. The number of aryl methyl sites for hydroxylation is 2. The van der Waals surface area contributed by atoms with E-state index in [1.165, 1.54) is 13.2 Å². The Hall–Kier alpha value is -2.14. The fourth-order valence-electron chi connectivity index (χ4n) is 2.05. The third kappa shape index (κ3) is 2.88. The van der Waals surface area contributed by atoms with Crippen LogP contribution in [-0.4, -0.2) is 19.6 Å². The van der Waals surface area contributed by atoms with Gasteiger partial charge in [-0.3, -0.25) is 4.79 Å². The molecule has 5 heteroatoms. The molecule has 0 radical (unpaired) electrons. The highest BCUT2D eigenvalue weighted by molar-refractivity contribution is 5.84. The van der Waals surface area contributed by atoms with Crippen LogP contribution >= 0.6 is 0 Å². The molecule has 2 aromatic rings. The van der Waals surface area contributed by atoms with Gasteiger partial charge in [-0.25, -0.2) is 4.79 Å². The number of benzene rings is 1. The lowest BCUT2D eigenvalue weighted by atomic mass is 10.0. The monoisotopic (exact) mass is 275 g/mol. The molecular weight excluding hydrogens is 258 g/mol. The summed E-state index contributed by atoms with van der Waals surface area (Å²) in [7, 11) is 1.46. The molecule has 0 saturated carbocycles. The zero-order valence-electron chi connectivity index (χ0n) is 11.8. The minimum Gasteiger partial charge on any atom is -0.422 e. The van der Waals surface area contributed by atoms with Crippen molar-refractivity contribution in [3.05, 3.63) is 45.3 Å². The summed E-state index contributed by atoms with van der Waals surface area (Å²) in [6, 6.07) is 5.28. The smallest absolute Gasteiger partial charge is 0.336 e. The van der Waals surface area contributed by atoms with Gasteiger partial charge in [0.25, 0.3) is 0 Å². The summed E-state index contributed by atoms with van der Waals surface area (Å²) >= 11 is 0. The van der Waals surface area contributed by atoms with E-state index in [4.69, 9.17) is 9.15 Å². The van der Waals surface area contributed by atoms with E-state index < -0.39 is 5.63 Å². The predicted molar refractivity (Wildman–Crippen MR) is 75.7 cm³/mol. The van der Waals surface area contributed by atoms with Crippen molar-refractivity contribution in [2.45, 2.75) is 20.4 Å². The maximum Gasteiger partial charge on any atom is 0.336 e. The number of methoxy groups -OCH3 is 1. The molecule has 0 aliphatic rings. The summed E-state index contributed by atoms with van der Waals surface area (Å²) in [5.74, 6) is -0.224. The number of ether oxygens (including phenoxy) is 1. The van der Waals surface area contributed by atoms with Gasteiger partial charge in [0, 0.05) is 25.1 Å². The van der Waals surface area contributed by atoms with Crippen LogP contribution in [0.1, 0.15) is 16.7 Å². The minimum absolute atomic E-state index is 0.00247. The van der Waals surface area contributed by atoms with E-state index in [9.17, 15) is 9.59 Å². The second-order valence-electron chi connectivity index (χ2n) is 4.68. The third-order valence-electron chi connectivity index (χ3n) is 3.27. The van der Waals surface area contributed by atoms with Gasteiger partial charge >= 0.3 is 5.63 Å². The van der Waals surface area contributed by atoms with Crippen molar-refractivity contribution in [2.75, 3.05) is 13.7 Å². The Morgan fingerprint density at radius 3 is 2.80 bits per heavy atom. The molecule has 0 bridgehead atoms. The number of carbonyl (C=O) groups is 1. The van der Waals surface area contributed by atoms with Crippen LogP contribution in [0.5, 0.6) is 0 Å². The number of fused-ring (bicyclic) bond motifs is 1. The molecule has 0 saturated heterocycles. The molecule has 1 heterocycles. The van der Waals surface area contributed by atoms with E-state index in [0.29, 0.717) is 5.58 Å². The topological polar surface area (TPSA) is 68.5 Å². The molecule has 20 heavy (non-hydrogen) atoms. The Morgan fingerprint density at radius 1 is 1.35 bits per heavy atom. The van der Waals surface area contributed by atoms with Crippen LogP contribution in [0.25, 0.3) is 11.0 Å². The molecule has 0 unspecified atom stereocenters. The maximum atomic E-state index is 11.6. The van der Waals surface area contributed by atoms with E-state index in [0.717, 1.165) is 22.1 Å². The minimum atomic E-state index is -0.415. The van der Waals surface area contributed by atoms with E-state index in [2.05, 4.69) is 5.32 Å². The number of amides is 1. The summed E-state index contributed by atoms with van der Waals surface area (Å²) < 4.78 is 10.0. The summed E-state index contributed by atoms with van der Waals surface area (Å²) in [4.78, 5) is 23.1. The Balaban J connectivity index is 2.41. The number of hydrogen-bond donors (Lipinski definition) is 1. The Morgan fingerprint density at radius 2 is 2.10 bits per heavy atom. The maximum absolute atomic E-state index is 11.6. The number of nitrogens with one attached hydrogen (secondary N) is 1. The standard InChI is InChI=1S/C15H17NO4/c1-9-4-5-12-11(7-16-13(17)8-19-3)6-14(18)20-15(12)10(9)2/h4-6H,7-8H2,1-3H3,(H,16,17). The SMILES string of the molecule is COCC(=O)NCc1cc(=O)oc2c(C)c(C)ccc12. The van der Waals surface area contributed by atoms with Crippen LogP contribution in [0.15, 0.2) is 27.4 Å². The van der Waals surface area contributed by atoms with Crippen LogP contribution in [-0.2, 0) is 16.1 Å². The zero-order valence-corrected chi connectivity index (χ0v) is 11.8. The molecule has 5 nitrogen and oxygen atoms in total. The Labute approximate surface area is 116 Å². The van der Waals surface area contributed by atoms with Crippen molar-refractivity contribution < 1.29 is 13.9 Å². The normalized spacial score (nSPS) is 10.8. The third-order valence-corrected chi connectivity index (χ3v) is 3.27. The van der Waals surface area contributed by atoms with Crippen molar-refractivity contribution >= 4 is 16.9 Å². The highest BCUT2D eigenvalue weighted by Gasteiger charge is 2.10. The first-order valence-corrected chi connectivity index (χ1v) is 6.31. The highest BCUT2D eigenvalue weighted by atomic mass is 16.5. The van der Waals surface area contributed by atoms with Crippen molar-refractivity contribution in [2.24, 2.45) is 0 Å².